The third-order valence-corrected chi connectivity index (χ3v) is 8.90. The molecule has 0 aromatic carbocycles. The fraction of sp³-hybridized carbons (Fsp3) is 0.909. The van der Waals surface area contributed by atoms with Gasteiger partial charge in [0.15, 0.2) is 17.6 Å². The minimum absolute atomic E-state index is 0.0264. The number of phosphoric acid groups is 1. The number of aliphatic hydroxyl groups excluding tert-OH is 2. The van der Waals surface area contributed by atoms with Gasteiger partial charge in [-0.05, 0) is 19.3 Å². The summed E-state index contributed by atoms with van der Waals surface area (Å²) in [4.78, 5) is 60.6. The van der Waals surface area contributed by atoms with E-state index in [-0.39, 0.29) is 23.1 Å². The number of hydrogen-bond donors (Lipinski definition) is 3. The van der Waals surface area contributed by atoms with Gasteiger partial charge in [0.2, 0.25) is 6.10 Å². The molecule has 260 valence electrons. The Bertz CT molecular complexity index is 745. The van der Waals surface area contributed by atoms with Crippen LogP contribution in [0.3, 0.4) is 0 Å². The van der Waals surface area contributed by atoms with E-state index in [1.165, 1.54) is 57.8 Å². The monoisotopic (exact) mass is 650 g/mol. The largest absolute Gasteiger partial charge is 0.606 e. The molecule has 10 nitrogen and oxygen atoms in total. The quantitative estimate of drug-likeness (QED) is 0.0376. The second-order valence-electron chi connectivity index (χ2n) is 13.1. The van der Waals surface area contributed by atoms with Gasteiger partial charge in [0.25, 0.3) is 0 Å². The van der Waals surface area contributed by atoms with Gasteiger partial charge in [0, 0.05) is 19.3 Å². The van der Waals surface area contributed by atoms with E-state index in [1.807, 2.05) is 0 Å². The zero-order valence-corrected chi connectivity index (χ0v) is 29.2. The number of phosphoric ester groups is 1. The highest BCUT2D eigenvalue weighted by Crippen LogP contribution is 2.50. The Labute approximate surface area is 268 Å². The zero-order valence-electron chi connectivity index (χ0n) is 28.3. The molecule has 44 heavy (non-hydrogen) atoms. The van der Waals surface area contributed by atoms with Crippen LogP contribution in [-0.2, 0) is 23.4 Å². The van der Waals surface area contributed by atoms with Gasteiger partial charge in [-0.3, -0.25) is 9.59 Å². The SMILES string of the molecule is CCCCCCCCCCCCCCCC(=O)C(C(O[P+]([O-])(O)OC[C@H](O)CO)C(=O)CCCCCCCC=O)[N+](C)(C)C. The molecule has 0 saturated heterocycles. The number of Topliss-reactive ketones (excluding diaryl/α,β-unsaturated/α-hetero) is 2. The summed E-state index contributed by atoms with van der Waals surface area (Å²) in [5.74, 6) is -0.654. The molecule has 0 aromatic heterocycles. The standard InChI is InChI=1S/C33H64NO9P/c1-5-6-7-8-9-10-11-12-13-14-15-18-21-24-30(38)32(34(2,3)4)33(43-44(40,41)42-28-29(37)27-36)31(39)25-22-19-16-17-20-23-26-35/h26,29,32-33,36-37H,5-25,27-28H2,1-4H3/p+1/t29-,32?,33?/m1/s1. The lowest BCUT2D eigenvalue weighted by Crippen LogP contribution is -2.59. The van der Waals surface area contributed by atoms with Crippen molar-refractivity contribution in [1.82, 2.24) is 0 Å². The number of likely N-dealkylation sites (N-methyl/N-ethyl adjacent to an activating group) is 1. The van der Waals surface area contributed by atoms with Crippen molar-refractivity contribution in [2.24, 2.45) is 0 Å². The van der Waals surface area contributed by atoms with Crippen LogP contribution in [0.1, 0.15) is 142 Å². The summed E-state index contributed by atoms with van der Waals surface area (Å²) in [5.41, 5.74) is 0. The van der Waals surface area contributed by atoms with Crippen molar-refractivity contribution in [1.29, 1.82) is 0 Å². The van der Waals surface area contributed by atoms with Crippen LogP contribution >= 0.6 is 8.17 Å². The molecule has 0 rings (SSSR count). The van der Waals surface area contributed by atoms with Crippen molar-refractivity contribution < 1.29 is 47.9 Å². The molecule has 0 fully saturated rings. The molecule has 0 saturated carbocycles. The van der Waals surface area contributed by atoms with Crippen molar-refractivity contribution in [3.63, 3.8) is 0 Å². The van der Waals surface area contributed by atoms with Crippen molar-refractivity contribution >= 4 is 26.0 Å². The van der Waals surface area contributed by atoms with E-state index in [9.17, 15) is 29.3 Å². The first-order chi connectivity index (χ1) is 20.9. The highest BCUT2D eigenvalue weighted by molar-refractivity contribution is 7.52. The van der Waals surface area contributed by atoms with E-state index in [2.05, 4.69) is 6.92 Å². The van der Waals surface area contributed by atoms with E-state index < -0.39 is 45.4 Å². The normalized spacial score (nSPS) is 15.5. The Morgan fingerprint density at radius 2 is 1.20 bits per heavy atom. The number of aldehydes is 1. The Morgan fingerprint density at radius 1 is 0.773 bits per heavy atom. The van der Waals surface area contributed by atoms with Crippen LogP contribution in [0.2, 0.25) is 0 Å². The molecule has 0 aromatic rings. The second kappa shape index (κ2) is 26.3. The molecule has 0 radical (unpaired) electrons. The molecule has 0 aliphatic heterocycles. The number of nitrogens with zero attached hydrogens (tertiary/aromatic N) is 1. The predicted octanol–water partition coefficient (Wildman–Crippen LogP) is 5.40. The highest BCUT2D eigenvalue weighted by Gasteiger charge is 2.49. The third kappa shape index (κ3) is 22.6. The molecule has 0 aliphatic rings. The van der Waals surface area contributed by atoms with Gasteiger partial charge >= 0.3 is 8.17 Å². The fourth-order valence-corrected chi connectivity index (χ4v) is 6.31. The summed E-state index contributed by atoms with van der Waals surface area (Å²) in [5, 5.41) is 18.6. The van der Waals surface area contributed by atoms with Crippen LogP contribution in [0.4, 0.5) is 0 Å². The molecule has 11 heteroatoms. The number of hydrogen-bond acceptors (Lipinski definition) is 9. The number of rotatable bonds is 32. The summed E-state index contributed by atoms with van der Waals surface area (Å²) in [6, 6.07) is -1.01. The van der Waals surface area contributed by atoms with Crippen molar-refractivity contribution in [2.75, 3.05) is 34.4 Å². The summed E-state index contributed by atoms with van der Waals surface area (Å²) in [6.45, 7) is 0.903. The summed E-state index contributed by atoms with van der Waals surface area (Å²) >= 11 is 0. The van der Waals surface area contributed by atoms with Crippen LogP contribution in [-0.4, -0.2) is 90.0 Å². The Hall–Kier alpha value is -0.840. The van der Waals surface area contributed by atoms with Crippen LogP contribution in [0.25, 0.3) is 0 Å². The number of unbranched alkanes of at least 4 members (excludes halogenated alkanes) is 17. The maximum Gasteiger partial charge on any atom is 0.377 e. The lowest BCUT2D eigenvalue weighted by atomic mass is 9.93. The molecular formula is C33H65NO9P+. The molecule has 4 atom stereocenters. The number of aliphatic hydroxyl groups is 2. The smallest absolute Gasteiger partial charge is 0.377 e. The molecule has 0 heterocycles. The summed E-state index contributed by atoms with van der Waals surface area (Å²) in [6.07, 6.45) is 18.0. The fourth-order valence-electron chi connectivity index (χ4n) is 5.37. The highest BCUT2D eigenvalue weighted by atomic mass is 31.2. The number of ketones is 2. The Morgan fingerprint density at radius 3 is 1.64 bits per heavy atom. The third-order valence-electron chi connectivity index (χ3n) is 7.93. The summed E-state index contributed by atoms with van der Waals surface area (Å²) < 4.78 is 10.3. The van der Waals surface area contributed by atoms with Crippen LogP contribution in [0.15, 0.2) is 0 Å². The van der Waals surface area contributed by atoms with Crippen molar-refractivity contribution in [3.05, 3.63) is 0 Å². The van der Waals surface area contributed by atoms with E-state index in [0.29, 0.717) is 19.3 Å². The molecule has 0 aliphatic carbocycles. The average molecular weight is 651 g/mol. The maximum absolute atomic E-state index is 13.6. The van der Waals surface area contributed by atoms with E-state index in [4.69, 9.17) is 14.2 Å². The van der Waals surface area contributed by atoms with Gasteiger partial charge in [0.05, 0.1) is 27.7 Å². The second-order valence-corrected chi connectivity index (χ2v) is 14.5. The predicted molar refractivity (Wildman–Crippen MR) is 174 cm³/mol. The first-order valence-corrected chi connectivity index (χ1v) is 18.6. The van der Waals surface area contributed by atoms with Crippen LogP contribution in [0, 0.1) is 0 Å². The van der Waals surface area contributed by atoms with Crippen LogP contribution < -0.4 is 4.89 Å². The maximum atomic E-state index is 13.6. The first kappa shape index (κ1) is 43.2. The van der Waals surface area contributed by atoms with E-state index >= 15 is 0 Å². The Kier molecular flexibility index (Phi) is 25.8. The van der Waals surface area contributed by atoms with Gasteiger partial charge < -0.3 is 24.4 Å². The summed E-state index contributed by atoms with van der Waals surface area (Å²) in [7, 11) is 0.418. The van der Waals surface area contributed by atoms with Gasteiger partial charge in [0.1, 0.15) is 19.0 Å². The van der Waals surface area contributed by atoms with Crippen molar-refractivity contribution in [2.45, 2.75) is 160 Å². The Balaban J connectivity index is 5.06. The first-order valence-electron chi connectivity index (χ1n) is 17.1. The molecular weight excluding hydrogens is 585 g/mol. The van der Waals surface area contributed by atoms with Gasteiger partial charge in [-0.25, -0.2) is 0 Å². The lowest BCUT2D eigenvalue weighted by Gasteiger charge is -2.37. The zero-order chi connectivity index (χ0) is 33.3. The van der Waals surface area contributed by atoms with Crippen molar-refractivity contribution in [3.8, 4) is 0 Å². The minimum atomic E-state index is -4.84. The van der Waals surface area contributed by atoms with Crippen LogP contribution in [0.5, 0.6) is 0 Å². The number of carbonyl (C=O) groups excluding carboxylic acids is 3. The molecule has 0 spiro atoms. The van der Waals surface area contributed by atoms with Gasteiger partial charge in [-0.15, -0.1) is 0 Å². The molecule has 3 unspecified atom stereocenters. The van der Waals surface area contributed by atoms with E-state index in [0.717, 1.165) is 51.2 Å². The molecule has 0 bridgehead atoms. The molecule has 3 N–H and O–H groups in total. The average Bonchev–Trinajstić information content (AvgIpc) is 2.96. The number of carbonyl (C=O) groups is 3. The lowest BCUT2D eigenvalue weighted by molar-refractivity contribution is -0.888. The van der Waals surface area contributed by atoms with Gasteiger partial charge in [-0.1, -0.05) is 103 Å². The topological polar surface area (TPSA) is 153 Å². The molecule has 0 amide bonds. The minimum Gasteiger partial charge on any atom is -0.606 e. The van der Waals surface area contributed by atoms with Gasteiger partial charge in [-0.2, -0.15) is 13.9 Å². The number of quaternary nitrogens is 1. The van der Waals surface area contributed by atoms with E-state index in [1.54, 1.807) is 21.1 Å².